The highest BCUT2D eigenvalue weighted by Gasteiger charge is 2.28. The Hall–Kier alpha value is 0. The van der Waals surface area contributed by atoms with Crippen LogP contribution in [0.5, 0.6) is 0 Å². The lowest BCUT2D eigenvalue weighted by atomic mass is 9.71. The smallest absolute Gasteiger partial charge is 0.0244 e. The predicted molar refractivity (Wildman–Crippen MR) is 47.5 cm³/mol. The van der Waals surface area contributed by atoms with Crippen molar-refractivity contribution >= 4 is 0 Å². The van der Waals surface area contributed by atoms with Crippen molar-refractivity contribution in [2.24, 2.45) is 11.3 Å². The third-order valence-electron chi connectivity index (χ3n) is 2.93. The minimum Gasteiger partial charge on any atom is -0.0620 e. The van der Waals surface area contributed by atoms with Gasteiger partial charge >= 0.3 is 0 Å². The molecular weight excluding hydrogens is 120 g/mol. The third-order valence-corrected chi connectivity index (χ3v) is 2.93. The van der Waals surface area contributed by atoms with E-state index in [9.17, 15) is 0 Å². The fourth-order valence-electron chi connectivity index (χ4n) is 0.872. The van der Waals surface area contributed by atoms with Crippen LogP contribution in [0.1, 0.15) is 41.5 Å². The van der Waals surface area contributed by atoms with Crippen molar-refractivity contribution in [3.63, 3.8) is 0 Å². The second-order valence-electron chi connectivity index (χ2n) is 3.84. The lowest BCUT2D eigenvalue weighted by Crippen LogP contribution is -2.25. The molecule has 0 spiro atoms. The molecule has 0 bridgehead atoms. The van der Waals surface area contributed by atoms with E-state index in [1.165, 1.54) is 5.92 Å². The molecule has 0 aromatic carbocycles. The molecule has 0 heterocycles. The van der Waals surface area contributed by atoms with Crippen molar-refractivity contribution in [1.29, 1.82) is 0 Å². The van der Waals surface area contributed by atoms with Crippen molar-refractivity contribution in [3.8, 4) is 0 Å². The molecule has 10 heavy (non-hydrogen) atoms. The fourth-order valence-corrected chi connectivity index (χ4v) is 0.872. The molecule has 0 aromatic rings. The van der Waals surface area contributed by atoms with Crippen molar-refractivity contribution in [2.75, 3.05) is 0 Å². The molecule has 1 unspecified atom stereocenters. The number of hydrogen-bond donors (Lipinski definition) is 0. The number of hydrogen-bond acceptors (Lipinski definition) is 0. The zero-order valence-corrected chi connectivity index (χ0v) is 8.15. The normalized spacial score (nSPS) is 15.9. The molecule has 0 heteroatoms. The Morgan fingerprint density at radius 1 is 1.30 bits per heavy atom. The highest BCUT2D eigenvalue weighted by molar-refractivity contribution is 5.00. The van der Waals surface area contributed by atoms with E-state index < -0.39 is 0 Å². The Labute approximate surface area is 66.0 Å². The van der Waals surface area contributed by atoms with Crippen LogP contribution >= 0.6 is 0 Å². The zero-order chi connectivity index (χ0) is 8.36. The lowest BCUT2D eigenvalue weighted by Gasteiger charge is -2.34. The van der Waals surface area contributed by atoms with Crippen LogP contribution in [-0.2, 0) is 0 Å². The van der Waals surface area contributed by atoms with Gasteiger partial charge in [0.05, 0.1) is 0 Å². The van der Waals surface area contributed by atoms with Gasteiger partial charge in [-0.3, -0.25) is 0 Å². The highest BCUT2D eigenvalue weighted by Crippen LogP contribution is 2.37. The monoisotopic (exact) mass is 140 g/mol. The van der Waals surface area contributed by atoms with Crippen LogP contribution in [0.15, 0.2) is 0 Å². The molecule has 0 aliphatic carbocycles. The molecule has 0 saturated heterocycles. The van der Waals surface area contributed by atoms with Gasteiger partial charge in [0, 0.05) is 0 Å². The fraction of sp³-hybridized carbons (Fsp3) is 0.800. The molecule has 1 atom stereocenters. The second kappa shape index (κ2) is 3.41. The molecule has 0 aromatic heterocycles. The first-order valence-corrected chi connectivity index (χ1v) is 4.03. The van der Waals surface area contributed by atoms with Crippen LogP contribution in [0.25, 0.3) is 0 Å². The van der Waals surface area contributed by atoms with Gasteiger partial charge in [0.1, 0.15) is 0 Å². The standard InChI is InChI=1S/C10H20/c1-7-9(4)10(5,6)8(2)3/h7,9H,1-6H3. The largest absolute Gasteiger partial charge is 0.0620 e. The summed E-state index contributed by atoms with van der Waals surface area (Å²) in [6.07, 6.45) is 2.27. The van der Waals surface area contributed by atoms with Gasteiger partial charge in [0.25, 0.3) is 0 Å². The Morgan fingerprint density at radius 2 is 1.70 bits per heavy atom. The lowest BCUT2D eigenvalue weighted by molar-refractivity contribution is 0.282. The van der Waals surface area contributed by atoms with Gasteiger partial charge in [-0.05, 0) is 23.7 Å². The molecule has 0 N–H and O–H groups in total. The summed E-state index contributed by atoms with van der Waals surface area (Å²) < 4.78 is 0. The maximum atomic E-state index is 2.30. The minimum absolute atomic E-state index is 0.370. The Balaban J connectivity index is 4.09. The van der Waals surface area contributed by atoms with Crippen LogP contribution in [0.2, 0.25) is 0 Å². The Bertz CT molecular complexity index is 90.2. The van der Waals surface area contributed by atoms with Gasteiger partial charge in [-0.25, -0.2) is 0 Å². The first-order chi connectivity index (χ1) is 4.42. The van der Waals surface area contributed by atoms with Gasteiger partial charge in [-0.15, -0.1) is 0 Å². The van der Waals surface area contributed by atoms with E-state index >= 15 is 0 Å². The molecule has 0 aliphatic heterocycles. The maximum Gasteiger partial charge on any atom is -0.0244 e. The van der Waals surface area contributed by atoms with Gasteiger partial charge in [0.15, 0.2) is 0 Å². The number of rotatable bonds is 3. The van der Waals surface area contributed by atoms with E-state index in [0.717, 1.165) is 0 Å². The maximum absolute atomic E-state index is 2.30. The van der Waals surface area contributed by atoms with Gasteiger partial charge in [-0.1, -0.05) is 41.5 Å². The summed E-state index contributed by atoms with van der Waals surface area (Å²) in [5.74, 6) is 2.19. The van der Waals surface area contributed by atoms with E-state index in [4.69, 9.17) is 0 Å². The summed E-state index contributed by atoms with van der Waals surface area (Å²) in [6, 6.07) is 0. The Morgan fingerprint density at radius 3 is 1.80 bits per heavy atom. The molecule has 0 amide bonds. The van der Waals surface area contributed by atoms with Gasteiger partial charge in [0.2, 0.25) is 0 Å². The second-order valence-corrected chi connectivity index (χ2v) is 3.84. The predicted octanol–water partition coefficient (Wildman–Crippen LogP) is 3.49. The van der Waals surface area contributed by atoms with Crippen molar-refractivity contribution in [2.45, 2.75) is 41.5 Å². The average Bonchev–Trinajstić information content (AvgIpc) is 1.86. The topological polar surface area (TPSA) is 0 Å². The van der Waals surface area contributed by atoms with Crippen LogP contribution in [0.3, 0.4) is 0 Å². The first-order valence-electron chi connectivity index (χ1n) is 4.03. The van der Waals surface area contributed by atoms with Gasteiger partial charge < -0.3 is 0 Å². The summed E-state index contributed by atoms with van der Waals surface area (Å²) in [4.78, 5) is 0. The molecule has 0 aliphatic rings. The summed E-state index contributed by atoms with van der Waals surface area (Å²) in [5.41, 5.74) is 0.370. The molecule has 2 radical (unpaired) electrons. The van der Waals surface area contributed by atoms with E-state index in [2.05, 4.69) is 48.0 Å². The van der Waals surface area contributed by atoms with E-state index in [0.29, 0.717) is 11.3 Å². The Kier molecular flexibility index (Phi) is 3.41. The highest BCUT2D eigenvalue weighted by atomic mass is 14.3. The van der Waals surface area contributed by atoms with Crippen LogP contribution in [0.4, 0.5) is 0 Å². The summed E-state index contributed by atoms with van der Waals surface area (Å²) in [5, 5.41) is 0. The van der Waals surface area contributed by atoms with E-state index in [1.807, 2.05) is 0 Å². The molecular formula is C10H20. The molecule has 0 saturated carbocycles. The first kappa shape index (κ1) is 10.0. The third kappa shape index (κ3) is 2.00. The van der Waals surface area contributed by atoms with Gasteiger partial charge in [-0.2, -0.15) is 0 Å². The SMILES string of the molecule is C[CH]C(C)C(C)(C)[C](C)C. The quantitative estimate of drug-likeness (QED) is 0.563. The molecule has 0 nitrogen and oxygen atoms in total. The molecule has 60 valence electrons. The van der Waals surface area contributed by atoms with Crippen LogP contribution < -0.4 is 0 Å². The summed E-state index contributed by atoms with van der Waals surface area (Å²) >= 11 is 0. The average molecular weight is 140 g/mol. The van der Waals surface area contributed by atoms with Crippen LogP contribution in [-0.4, -0.2) is 0 Å². The molecule has 0 fully saturated rings. The van der Waals surface area contributed by atoms with Crippen molar-refractivity contribution in [1.82, 2.24) is 0 Å². The van der Waals surface area contributed by atoms with Crippen LogP contribution in [0, 0.1) is 23.7 Å². The minimum atomic E-state index is 0.370. The molecule has 0 rings (SSSR count). The van der Waals surface area contributed by atoms with Crippen molar-refractivity contribution in [3.05, 3.63) is 12.3 Å². The zero-order valence-electron chi connectivity index (χ0n) is 8.15. The summed E-state index contributed by atoms with van der Waals surface area (Å²) in [6.45, 7) is 13.4. The van der Waals surface area contributed by atoms with E-state index in [-0.39, 0.29) is 0 Å². The summed E-state index contributed by atoms with van der Waals surface area (Å²) in [7, 11) is 0. The van der Waals surface area contributed by atoms with E-state index in [1.54, 1.807) is 0 Å². The van der Waals surface area contributed by atoms with Crippen molar-refractivity contribution < 1.29 is 0 Å².